The quantitative estimate of drug-likeness (QED) is 0.0995. The zero-order chi connectivity index (χ0) is 37.4. The lowest BCUT2D eigenvalue weighted by atomic mass is 9.85. The number of carboxylic acid groups (broad SMARTS) is 1. The molecule has 15 nitrogen and oxygen atoms in total. The number of rotatable bonds is 20. The Hall–Kier alpha value is -4.70. The average molecular weight is 725 g/mol. The Morgan fingerprint density at radius 1 is 0.981 bits per heavy atom. The van der Waals surface area contributed by atoms with Crippen molar-refractivity contribution < 1.29 is 57.8 Å². The lowest BCUT2D eigenvalue weighted by molar-refractivity contribution is -0.189. The molecule has 1 aromatic carbocycles. The van der Waals surface area contributed by atoms with Gasteiger partial charge in [-0.15, -0.1) is 0 Å². The molecule has 5 rings (SSSR count). The van der Waals surface area contributed by atoms with Crippen LogP contribution < -0.4 is 5.56 Å². The summed E-state index contributed by atoms with van der Waals surface area (Å²) in [7, 11) is 0. The van der Waals surface area contributed by atoms with Crippen molar-refractivity contribution in [2.24, 2.45) is 0 Å². The standard InChI is InChI=1S/C37H44N2O13/c1-4-24(19-48-11-12-49-21-32(42)43)50-14-13-47-18-23(41)8-10-33(44)52-37(6-3)29-16-31-34-27(17-39(31)35(45)28(29)20-51-36(37)46)25(5-2)26-15-22(40)7-9-30(26)38-34/h7,9,15-16,24,40H,4-6,8,10-14,17-21H2,1-3H3,(H,42,43)/t24?,37-/m0/s1. The van der Waals surface area contributed by atoms with Crippen LogP contribution >= 0.6 is 0 Å². The van der Waals surface area contributed by atoms with Crippen molar-refractivity contribution in [1.29, 1.82) is 0 Å². The van der Waals surface area contributed by atoms with E-state index in [1.54, 1.807) is 35.8 Å². The number of aryl methyl sites for hydroxylation is 1. The topological polar surface area (TPSA) is 199 Å². The molecule has 2 N–H and O–H groups in total. The predicted octanol–water partition coefficient (Wildman–Crippen LogP) is 3.18. The van der Waals surface area contributed by atoms with E-state index in [1.165, 1.54) is 0 Å². The number of phenols is 1. The lowest BCUT2D eigenvalue weighted by Gasteiger charge is -2.35. The van der Waals surface area contributed by atoms with Gasteiger partial charge < -0.3 is 43.2 Å². The number of aromatic nitrogens is 2. The lowest BCUT2D eigenvalue weighted by Crippen LogP contribution is -2.47. The summed E-state index contributed by atoms with van der Waals surface area (Å²) in [5.41, 5.74) is 1.70. The number of nitrogens with zero attached hydrogens (tertiary/aromatic N) is 2. The Balaban J connectivity index is 1.18. The number of phenolic OH excluding ortho intramolecular Hbond substituents is 1. The molecule has 15 heteroatoms. The molecule has 2 aliphatic heterocycles. The molecule has 0 bridgehead atoms. The van der Waals surface area contributed by atoms with Gasteiger partial charge in [-0.3, -0.25) is 14.4 Å². The van der Waals surface area contributed by atoms with E-state index >= 15 is 0 Å². The first-order valence-electron chi connectivity index (χ1n) is 17.4. The molecule has 1 unspecified atom stereocenters. The number of esters is 2. The van der Waals surface area contributed by atoms with Crippen molar-refractivity contribution in [3.05, 3.63) is 56.9 Å². The van der Waals surface area contributed by atoms with Gasteiger partial charge in [-0.05, 0) is 49.1 Å². The largest absolute Gasteiger partial charge is 0.508 e. The number of ether oxygens (including phenoxy) is 6. The molecule has 0 fully saturated rings. The predicted molar refractivity (Wildman–Crippen MR) is 184 cm³/mol. The molecule has 280 valence electrons. The van der Waals surface area contributed by atoms with Crippen LogP contribution in [0.5, 0.6) is 5.75 Å². The van der Waals surface area contributed by atoms with Crippen LogP contribution in [0.2, 0.25) is 0 Å². The third-order valence-corrected chi connectivity index (χ3v) is 9.21. The second kappa shape index (κ2) is 17.2. The van der Waals surface area contributed by atoms with E-state index < -0.39 is 23.5 Å². The van der Waals surface area contributed by atoms with E-state index in [-0.39, 0.29) is 113 Å². The van der Waals surface area contributed by atoms with Gasteiger partial charge in [0.2, 0.25) is 5.60 Å². The minimum Gasteiger partial charge on any atom is -0.508 e. The van der Waals surface area contributed by atoms with Gasteiger partial charge in [0, 0.05) is 22.9 Å². The molecule has 0 amide bonds. The van der Waals surface area contributed by atoms with Crippen molar-refractivity contribution in [3.63, 3.8) is 0 Å². The second-order valence-electron chi connectivity index (χ2n) is 12.5. The van der Waals surface area contributed by atoms with Crippen LogP contribution in [-0.2, 0) is 72.8 Å². The average Bonchev–Trinajstić information content (AvgIpc) is 3.49. The first kappa shape index (κ1) is 38.5. The van der Waals surface area contributed by atoms with Crippen molar-refractivity contribution in [1.82, 2.24) is 9.55 Å². The number of hydrogen-bond acceptors (Lipinski definition) is 13. The molecule has 2 aliphatic rings. The molecule has 0 radical (unpaired) electrons. The van der Waals surface area contributed by atoms with Gasteiger partial charge in [0.1, 0.15) is 25.6 Å². The Labute approximate surface area is 299 Å². The molecular weight excluding hydrogens is 680 g/mol. The number of carbonyl (C=O) groups is 4. The van der Waals surface area contributed by atoms with Crippen molar-refractivity contribution in [2.45, 2.75) is 77.7 Å². The fourth-order valence-electron chi connectivity index (χ4n) is 6.51. The molecule has 0 spiro atoms. The van der Waals surface area contributed by atoms with E-state index in [2.05, 4.69) is 0 Å². The SMILES string of the molecule is CCc1c2c(nc3ccc(O)cc13)-c1cc3c(c(=O)n1C2)COC(=O)[C@@]3(CC)OC(=O)CCC(=O)COCCOC(CC)COCCOCC(=O)O. The van der Waals surface area contributed by atoms with Crippen LogP contribution in [0.3, 0.4) is 0 Å². The number of hydrogen-bond donors (Lipinski definition) is 2. The summed E-state index contributed by atoms with van der Waals surface area (Å²) < 4.78 is 34.3. The number of aliphatic carboxylic acids is 1. The summed E-state index contributed by atoms with van der Waals surface area (Å²) in [6.07, 6.45) is 0.561. The molecule has 2 aromatic heterocycles. The van der Waals surface area contributed by atoms with Gasteiger partial charge in [-0.25, -0.2) is 14.6 Å². The number of carbonyl (C=O) groups excluding carboxylic acids is 3. The summed E-state index contributed by atoms with van der Waals surface area (Å²) in [5.74, 6) is -2.89. The van der Waals surface area contributed by atoms with E-state index in [9.17, 15) is 29.1 Å². The zero-order valence-electron chi connectivity index (χ0n) is 29.6. The minimum absolute atomic E-state index is 0.00961. The van der Waals surface area contributed by atoms with Gasteiger partial charge in [0.15, 0.2) is 5.78 Å². The number of carboxylic acids is 1. The summed E-state index contributed by atoms with van der Waals surface area (Å²) >= 11 is 0. The highest BCUT2D eigenvalue weighted by Crippen LogP contribution is 2.42. The van der Waals surface area contributed by atoms with Gasteiger partial charge in [0.05, 0.1) is 74.6 Å². The van der Waals surface area contributed by atoms with Crippen molar-refractivity contribution in [2.75, 3.05) is 46.2 Å². The van der Waals surface area contributed by atoms with Gasteiger partial charge in [-0.2, -0.15) is 0 Å². The Morgan fingerprint density at radius 2 is 1.73 bits per heavy atom. The maximum atomic E-state index is 13.9. The number of ketones is 1. The van der Waals surface area contributed by atoms with E-state index in [0.717, 1.165) is 16.5 Å². The Morgan fingerprint density at radius 3 is 2.46 bits per heavy atom. The first-order valence-corrected chi connectivity index (χ1v) is 17.4. The van der Waals surface area contributed by atoms with Gasteiger partial charge >= 0.3 is 17.9 Å². The maximum absolute atomic E-state index is 13.9. The highest BCUT2D eigenvalue weighted by atomic mass is 16.6. The third-order valence-electron chi connectivity index (χ3n) is 9.21. The summed E-state index contributed by atoms with van der Waals surface area (Å²) in [4.78, 5) is 68.2. The van der Waals surface area contributed by atoms with Crippen LogP contribution in [0.15, 0.2) is 29.1 Å². The number of pyridine rings is 2. The molecule has 0 saturated carbocycles. The molecular formula is C37H44N2O13. The van der Waals surface area contributed by atoms with E-state index in [1.807, 2.05) is 13.8 Å². The number of cyclic esters (lactones) is 1. The van der Waals surface area contributed by atoms with Crippen molar-refractivity contribution >= 4 is 34.6 Å². The zero-order valence-corrected chi connectivity index (χ0v) is 29.6. The number of benzene rings is 1. The molecule has 4 heterocycles. The number of aromatic hydroxyl groups is 1. The van der Waals surface area contributed by atoms with Crippen LogP contribution in [0.1, 0.15) is 68.7 Å². The normalized spacial score (nSPS) is 16.6. The fraction of sp³-hybridized carbons (Fsp3) is 0.514. The maximum Gasteiger partial charge on any atom is 0.355 e. The van der Waals surface area contributed by atoms with Crippen LogP contribution in [0, 0.1) is 0 Å². The highest BCUT2D eigenvalue weighted by Gasteiger charge is 2.50. The number of Topliss-reactive ketones (excluding diaryl/α,β-unsaturated/α-hetero) is 1. The summed E-state index contributed by atoms with van der Waals surface area (Å²) in [6.45, 7) is 5.91. The Kier molecular flexibility index (Phi) is 12.8. The number of fused-ring (bicyclic) bond motifs is 5. The molecule has 3 aromatic rings. The fourth-order valence-corrected chi connectivity index (χ4v) is 6.51. The van der Waals surface area contributed by atoms with E-state index in [4.69, 9.17) is 38.5 Å². The van der Waals surface area contributed by atoms with Crippen LogP contribution in [0.4, 0.5) is 0 Å². The molecule has 2 atom stereocenters. The van der Waals surface area contributed by atoms with Crippen LogP contribution in [0.25, 0.3) is 22.3 Å². The molecule has 52 heavy (non-hydrogen) atoms. The third kappa shape index (κ3) is 8.33. The second-order valence-corrected chi connectivity index (χ2v) is 12.5. The molecule has 0 aliphatic carbocycles. The summed E-state index contributed by atoms with van der Waals surface area (Å²) in [5, 5.41) is 19.5. The Bertz CT molecular complexity index is 1890. The monoisotopic (exact) mass is 724 g/mol. The van der Waals surface area contributed by atoms with Gasteiger partial charge in [-0.1, -0.05) is 20.8 Å². The molecule has 0 saturated heterocycles. The first-order chi connectivity index (χ1) is 25.0. The minimum atomic E-state index is -1.89. The van der Waals surface area contributed by atoms with Gasteiger partial charge in [0.25, 0.3) is 5.56 Å². The highest BCUT2D eigenvalue weighted by molar-refractivity contribution is 5.91. The van der Waals surface area contributed by atoms with E-state index in [0.29, 0.717) is 29.7 Å². The summed E-state index contributed by atoms with van der Waals surface area (Å²) in [6, 6.07) is 6.61. The smallest absolute Gasteiger partial charge is 0.355 e. The van der Waals surface area contributed by atoms with Crippen molar-refractivity contribution in [3.8, 4) is 17.1 Å². The van der Waals surface area contributed by atoms with Crippen LogP contribution in [-0.4, -0.2) is 95.8 Å².